The van der Waals surface area contributed by atoms with Gasteiger partial charge in [-0.3, -0.25) is 0 Å². The van der Waals surface area contributed by atoms with Crippen molar-refractivity contribution in [3.05, 3.63) is 35.9 Å². The van der Waals surface area contributed by atoms with E-state index >= 15 is 0 Å². The van der Waals surface area contributed by atoms with Crippen LogP contribution in [0.2, 0.25) is 0 Å². The van der Waals surface area contributed by atoms with Crippen LogP contribution in [-0.2, 0) is 11.3 Å². The summed E-state index contributed by atoms with van der Waals surface area (Å²) in [7, 11) is 0. The summed E-state index contributed by atoms with van der Waals surface area (Å²) < 4.78 is 5.24. The van der Waals surface area contributed by atoms with Crippen LogP contribution >= 0.6 is 0 Å². The Labute approximate surface area is 120 Å². The molecular weight excluding hydrogens is 250 g/mol. The molecule has 1 N–H and O–H groups in total. The minimum atomic E-state index is -0.558. The van der Waals surface area contributed by atoms with Gasteiger partial charge < -0.3 is 10.1 Å². The number of benzene rings is 1. The molecule has 3 nitrogen and oxygen atoms in total. The van der Waals surface area contributed by atoms with Gasteiger partial charge in [0.2, 0.25) is 0 Å². The highest BCUT2D eigenvalue weighted by atomic mass is 16.5. The van der Waals surface area contributed by atoms with E-state index < -0.39 is 11.6 Å². The fourth-order valence-corrected chi connectivity index (χ4v) is 2.77. The summed E-state index contributed by atoms with van der Waals surface area (Å²) in [5.74, 6) is 2.75. The summed E-state index contributed by atoms with van der Waals surface area (Å²) in [5, 5.41) is 2.87. The van der Waals surface area contributed by atoms with Crippen LogP contribution in [-0.4, -0.2) is 11.6 Å². The zero-order valence-corrected chi connectivity index (χ0v) is 12.1. The molecule has 0 aliphatic heterocycles. The molecule has 1 aliphatic carbocycles. The Bertz CT molecular complexity index is 516. The van der Waals surface area contributed by atoms with Gasteiger partial charge in [0, 0.05) is 0 Å². The maximum Gasteiger partial charge on any atom is 0.408 e. The minimum absolute atomic E-state index is 0.166. The SMILES string of the molecule is C#CC1(NC(=O)OCc2ccccc2)CCC(C)(C)C1. The number of rotatable bonds is 3. The average Bonchev–Trinajstić information content (AvgIpc) is 2.74. The summed E-state index contributed by atoms with van der Waals surface area (Å²) in [6.07, 6.45) is 7.79. The van der Waals surface area contributed by atoms with Crippen LogP contribution in [0.5, 0.6) is 0 Å². The maximum atomic E-state index is 11.9. The molecule has 1 fully saturated rings. The highest BCUT2D eigenvalue weighted by molar-refractivity contribution is 5.69. The van der Waals surface area contributed by atoms with Gasteiger partial charge >= 0.3 is 6.09 Å². The van der Waals surface area contributed by atoms with Gasteiger partial charge in [-0.15, -0.1) is 6.42 Å². The number of hydrogen-bond donors (Lipinski definition) is 1. The Kier molecular flexibility index (Phi) is 4.04. The number of carbonyl (C=O) groups excluding carboxylic acids is 1. The van der Waals surface area contributed by atoms with Gasteiger partial charge in [-0.05, 0) is 30.2 Å². The van der Waals surface area contributed by atoms with E-state index in [0.717, 1.165) is 24.8 Å². The second-order valence-corrected chi connectivity index (χ2v) is 6.25. The van der Waals surface area contributed by atoms with Gasteiger partial charge in [-0.1, -0.05) is 50.1 Å². The van der Waals surface area contributed by atoms with E-state index in [1.807, 2.05) is 30.3 Å². The Morgan fingerprint density at radius 3 is 2.60 bits per heavy atom. The highest BCUT2D eigenvalue weighted by Gasteiger charge is 2.43. The van der Waals surface area contributed by atoms with Crippen molar-refractivity contribution in [1.82, 2.24) is 5.32 Å². The molecule has 1 amide bonds. The molecule has 1 aromatic rings. The van der Waals surface area contributed by atoms with Crippen molar-refractivity contribution in [3.8, 4) is 12.3 Å². The Balaban J connectivity index is 1.90. The normalized spacial score (nSPS) is 23.9. The highest BCUT2D eigenvalue weighted by Crippen LogP contribution is 2.43. The van der Waals surface area contributed by atoms with Crippen molar-refractivity contribution in [2.45, 2.75) is 45.3 Å². The molecule has 1 unspecified atom stereocenters. The molecule has 1 aromatic carbocycles. The number of nitrogens with one attached hydrogen (secondary N) is 1. The Hall–Kier alpha value is -1.95. The third-order valence-corrected chi connectivity index (χ3v) is 3.84. The van der Waals surface area contributed by atoms with Crippen molar-refractivity contribution in [2.24, 2.45) is 5.41 Å². The Morgan fingerprint density at radius 2 is 2.05 bits per heavy atom. The lowest BCUT2D eigenvalue weighted by Gasteiger charge is -2.26. The van der Waals surface area contributed by atoms with Crippen molar-refractivity contribution < 1.29 is 9.53 Å². The summed E-state index contributed by atoms with van der Waals surface area (Å²) >= 11 is 0. The van der Waals surface area contributed by atoms with Crippen molar-refractivity contribution in [1.29, 1.82) is 0 Å². The van der Waals surface area contributed by atoms with Crippen molar-refractivity contribution in [3.63, 3.8) is 0 Å². The summed E-state index contributed by atoms with van der Waals surface area (Å²) in [4.78, 5) is 11.9. The quantitative estimate of drug-likeness (QED) is 0.855. The van der Waals surface area contributed by atoms with Gasteiger partial charge in [0.1, 0.15) is 12.1 Å². The standard InChI is InChI=1S/C17H21NO2/c1-4-17(11-10-16(2,3)13-17)18-15(19)20-12-14-8-6-5-7-9-14/h1,5-9H,10-13H2,2-3H3,(H,18,19). The van der Waals surface area contributed by atoms with Crippen LogP contribution in [0.4, 0.5) is 4.79 Å². The van der Waals surface area contributed by atoms with Crippen LogP contribution in [0, 0.1) is 17.8 Å². The molecule has 0 heterocycles. The van der Waals surface area contributed by atoms with E-state index in [4.69, 9.17) is 11.2 Å². The van der Waals surface area contributed by atoms with Crippen LogP contribution in [0.25, 0.3) is 0 Å². The monoisotopic (exact) mass is 271 g/mol. The molecule has 0 bridgehead atoms. The van der Waals surface area contributed by atoms with Crippen molar-refractivity contribution in [2.75, 3.05) is 0 Å². The average molecular weight is 271 g/mol. The van der Waals surface area contributed by atoms with E-state index in [0.29, 0.717) is 0 Å². The minimum Gasteiger partial charge on any atom is -0.445 e. The number of hydrogen-bond acceptors (Lipinski definition) is 2. The van der Waals surface area contributed by atoms with Gasteiger partial charge in [-0.25, -0.2) is 4.79 Å². The first kappa shape index (κ1) is 14.5. The number of amides is 1. The first-order valence-corrected chi connectivity index (χ1v) is 6.91. The van der Waals surface area contributed by atoms with E-state index in [-0.39, 0.29) is 12.0 Å². The van der Waals surface area contributed by atoms with Gasteiger partial charge in [-0.2, -0.15) is 0 Å². The molecule has 0 saturated heterocycles. The summed E-state index contributed by atoms with van der Waals surface area (Å²) in [5.41, 5.74) is 0.570. The third-order valence-electron chi connectivity index (χ3n) is 3.84. The maximum absolute atomic E-state index is 11.9. The van der Waals surface area contributed by atoms with Crippen molar-refractivity contribution >= 4 is 6.09 Å². The summed E-state index contributed by atoms with van der Waals surface area (Å²) in [6.45, 7) is 4.60. The van der Waals surface area contributed by atoms with Crippen LogP contribution in [0.15, 0.2) is 30.3 Å². The van der Waals surface area contributed by atoms with Gasteiger partial charge in [0.25, 0.3) is 0 Å². The van der Waals surface area contributed by atoms with Crippen LogP contribution < -0.4 is 5.32 Å². The molecular formula is C17H21NO2. The molecule has 20 heavy (non-hydrogen) atoms. The first-order chi connectivity index (χ1) is 9.45. The predicted octanol–water partition coefficient (Wildman–Crippen LogP) is 3.49. The molecule has 0 spiro atoms. The fourth-order valence-electron chi connectivity index (χ4n) is 2.77. The van der Waals surface area contributed by atoms with Gasteiger partial charge in [0.05, 0.1) is 0 Å². The Morgan fingerprint density at radius 1 is 1.35 bits per heavy atom. The number of terminal acetylenes is 1. The second kappa shape index (κ2) is 5.58. The smallest absolute Gasteiger partial charge is 0.408 e. The molecule has 2 rings (SSSR count). The molecule has 3 heteroatoms. The fraction of sp³-hybridized carbons (Fsp3) is 0.471. The zero-order chi connectivity index (χ0) is 14.6. The van der Waals surface area contributed by atoms with Crippen LogP contribution in [0.3, 0.4) is 0 Å². The van der Waals surface area contributed by atoms with Crippen LogP contribution in [0.1, 0.15) is 38.7 Å². The zero-order valence-electron chi connectivity index (χ0n) is 12.1. The van der Waals surface area contributed by atoms with E-state index in [1.165, 1.54) is 0 Å². The number of carbonyl (C=O) groups is 1. The molecule has 1 saturated carbocycles. The molecule has 1 aliphatic rings. The lowest BCUT2D eigenvalue weighted by atomic mass is 9.88. The molecule has 0 radical (unpaired) electrons. The molecule has 106 valence electrons. The summed E-state index contributed by atoms with van der Waals surface area (Å²) in [6, 6.07) is 9.60. The van der Waals surface area contributed by atoms with E-state index in [2.05, 4.69) is 25.1 Å². The van der Waals surface area contributed by atoms with Gasteiger partial charge in [0.15, 0.2) is 0 Å². The molecule has 0 aromatic heterocycles. The predicted molar refractivity (Wildman–Crippen MR) is 79.0 cm³/mol. The van der Waals surface area contributed by atoms with E-state index in [9.17, 15) is 4.79 Å². The lowest BCUT2D eigenvalue weighted by Crippen LogP contribution is -2.46. The number of ether oxygens (including phenoxy) is 1. The lowest BCUT2D eigenvalue weighted by molar-refractivity contribution is 0.130. The molecule has 1 atom stereocenters. The van der Waals surface area contributed by atoms with E-state index in [1.54, 1.807) is 0 Å². The largest absolute Gasteiger partial charge is 0.445 e. The first-order valence-electron chi connectivity index (χ1n) is 6.91. The third kappa shape index (κ3) is 3.54. The number of alkyl carbamates (subject to hydrolysis) is 1. The topological polar surface area (TPSA) is 38.3 Å². The second-order valence-electron chi connectivity index (χ2n) is 6.25.